The number of nitrogens with zero attached hydrogens (tertiary/aromatic N) is 1. The highest BCUT2D eigenvalue weighted by Gasteiger charge is 2.11. The third-order valence-corrected chi connectivity index (χ3v) is 2.91. The van der Waals surface area contributed by atoms with Crippen LogP contribution in [0.25, 0.3) is 0 Å². The summed E-state index contributed by atoms with van der Waals surface area (Å²) in [6.45, 7) is 0. The van der Waals surface area contributed by atoms with E-state index in [4.69, 9.17) is 18.0 Å². The summed E-state index contributed by atoms with van der Waals surface area (Å²) in [6.07, 6.45) is 0. The Bertz CT molecular complexity index is 552. The van der Waals surface area contributed by atoms with Crippen LogP contribution < -0.4 is 11.1 Å². The number of para-hydroxylation sites is 1. The van der Waals surface area contributed by atoms with Crippen LogP contribution in [0.2, 0.25) is 0 Å². The standard InChI is InChI=1S/C11H9N3OS2/c12-10(16)7-3-1-2-4-8(7)14-11(15)9-5-17-6-13-9/h1-6H,(H2,12,16)(H,14,15). The minimum Gasteiger partial charge on any atom is -0.389 e. The summed E-state index contributed by atoms with van der Waals surface area (Å²) >= 11 is 6.28. The lowest BCUT2D eigenvalue weighted by molar-refractivity contribution is 0.102. The van der Waals surface area contributed by atoms with Gasteiger partial charge in [0, 0.05) is 10.9 Å². The zero-order valence-corrected chi connectivity index (χ0v) is 10.3. The molecule has 0 aliphatic carbocycles. The van der Waals surface area contributed by atoms with Crippen molar-refractivity contribution in [2.75, 3.05) is 5.32 Å². The summed E-state index contributed by atoms with van der Waals surface area (Å²) < 4.78 is 0. The first-order chi connectivity index (χ1) is 8.18. The first kappa shape index (κ1) is 11.7. The van der Waals surface area contributed by atoms with E-state index in [0.29, 0.717) is 16.9 Å². The van der Waals surface area contributed by atoms with E-state index in [2.05, 4.69) is 10.3 Å². The molecule has 1 heterocycles. The molecule has 1 amide bonds. The lowest BCUT2D eigenvalue weighted by Gasteiger charge is -2.08. The fourth-order valence-electron chi connectivity index (χ4n) is 1.32. The zero-order chi connectivity index (χ0) is 12.3. The molecule has 1 aromatic carbocycles. The lowest BCUT2D eigenvalue weighted by Crippen LogP contribution is -2.17. The van der Waals surface area contributed by atoms with E-state index in [1.54, 1.807) is 29.1 Å². The molecule has 2 rings (SSSR count). The second-order valence-corrected chi connectivity index (χ2v) is 4.40. The monoisotopic (exact) mass is 263 g/mol. The number of rotatable bonds is 3. The number of carbonyl (C=O) groups is 1. The maximum atomic E-state index is 11.8. The van der Waals surface area contributed by atoms with E-state index < -0.39 is 0 Å². The lowest BCUT2D eigenvalue weighted by atomic mass is 10.1. The first-order valence-electron chi connectivity index (χ1n) is 4.77. The SMILES string of the molecule is NC(=S)c1ccccc1NC(=O)c1cscn1. The largest absolute Gasteiger partial charge is 0.389 e. The van der Waals surface area contributed by atoms with Crippen LogP contribution >= 0.6 is 23.6 Å². The highest BCUT2D eigenvalue weighted by molar-refractivity contribution is 7.80. The molecule has 0 atom stereocenters. The van der Waals surface area contributed by atoms with Crippen molar-refractivity contribution in [1.29, 1.82) is 0 Å². The molecule has 0 aliphatic rings. The third-order valence-electron chi connectivity index (χ3n) is 2.11. The minimum atomic E-state index is -0.269. The molecule has 0 unspecified atom stereocenters. The van der Waals surface area contributed by atoms with Crippen LogP contribution in [0.5, 0.6) is 0 Å². The Hall–Kier alpha value is -1.79. The van der Waals surface area contributed by atoms with E-state index in [0.717, 1.165) is 0 Å². The Morgan fingerprint density at radius 2 is 2.18 bits per heavy atom. The molecular formula is C11H9N3OS2. The van der Waals surface area contributed by atoms with Crippen LogP contribution in [-0.4, -0.2) is 15.9 Å². The smallest absolute Gasteiger partial charge is 0.275 e. The Morgan fingerprint density at radius 1 is 1.41 bits per heavy atom. The highest BCUT2D eigenvalue weighted by atomic mass is 32.1. The van der Waals surface area contributed by atoms with Gasteiger partial charge in [0.1, 0.15) is 10.7 Å². The molecule has 2 aromatic rings. The number of amides is 1. The molecule has 0 radical (unpaired) electrons. The van der Waals surface area contributed by atoms with E-state index in [1.807, 2.05) is 6.07 Å². The van der Waals surface area contributed by atoms with Gasteiger partial charge < -0.3 is 11.1 Å². The quantitative estimate of drug-likeness (QED) is 0.831. The number of anilines is 1. The molecule has 3 N–H and O–H groups in total. The molecule has 6 heteroatoms. The number of thiazole rings is 1. The predicted octanol–water partition coefficient (Wildman–Crippen LogP) is 2.03. The van der Waals surface area contributed by atoms with Gasteiger partial charge in [-0.15, -0.1) is 11.3 Å². The van der Waals surface area contributed by atoms with E-state index in [9.17, 15) is 4.79 Å². The van der Waals surface area contributed by atoms with Crippen molar-refractivity contribution >= 4 is 40.1 Å². The van der Waals surface area contributed by atoms with Crippen molar-refractivity contribution in [3.63, 3.8) is 0 Å². The van der Waals surface area contributed by atoms with Crippen LogP contribution in [0.15, 0.2) is 35.2 Å². The Morgan fingerprint density at radius 3 is 2.82 bits per heavy atom. The van der Waals surface area contributed by atoms with Gasteiger partial charge in [-0.25, -0.2) is 4.98 Å². The zero-order valence-electron chi connectivity index (χ0n) is 8.71. The molecule has 1 aromatic heterocycles. The van der Waals surface area contributed by atoms with Gasteiger partial charge in [-0.1, -0.05) is 24.4 Å². The molecule has 0 fully saturated rings. The molecule has 0 saturated carbocycles. The summed E-state index contributed by atoms with van der Waals surface area (Å²) in [5.74, 6) is -0.269. The van der Waals surface area contributed by atoms with Gasteiger partial charge in [0.25, 0.3) is 5.91 Å². The fourth-order valence-corrected chi connectivity index (χ4v) is 2.03. The topological polar surface area (TPSA) is 68.0 Å². The van der Waals surface area contributed by atoms with Crippen molar-refractivity contribution in [2.45, 2.75) is 0 Å². The molecule has 0 aliphatic heterocycles. The van der Waals surface area contributed by atoms with Gasteiger partial charge in [0.15, 0.2) is 0 Å². The van der Waals surface area contributed by atoms with Crippen molar-refractivity contribution in [3.05, 3.63) is 46.4 Å². The second-order valence-electron chi connectivity index (χ2n) is 3.24. The maximum absolute atomic E-state index is 11.8. The van der Waals surface area contributed by atoms with Crippen LogP contribution in [0.3, 0.4) is 0 Å². The van der Waals surface area contributed by atoms with Crippen LogP contribution in [-0.2, 0) is 0 Å². The summed E-state index contributed by atoms with van der Waals surface area (Å²) in [5.41, 5.74) is 8.80. The first-order valence-corrected chi connectivity index (χ1v) is 6.12. The Balaban J connectivity index is 2.25. The molecule has 17 heavy (non-hydrogen) atoms. The van der Waals surface area contributed by atoms with Crippen LogP contribution in [0.1, 0.15) is 16.1 Å². The van der Waals surface area contributed by atoms with Gasteiger partial charge in [-0.05, 0) is 12.1 Å². The molecule has 0 spiro atoms. The number of nitrogens with two attached hydrogens (primary N) is 1. The number of hydrogen-bond acceptors (Lipinski definition) is 4. The number of aromatic nitrogens is 1. The van der Waals surface area contributed by atoms with Gasteiger partial charge in [0.2, 0.25) is 0 Å². The van der Waals surface area contributed by atoms with Crippen LogP contribution in [0.4, 0.5) is 5.69 Å². The van der Waals surface area contributed by atoms with Gasteiger partial charge in [0.05, 0.1) is 11.2 Å². The van der Waals surface area contributed by atoms with E-state index >= 15 is 0 Å². The molecule has 86 valence electrons. The molecule has 4 nitrogen and oxygen atoms in total. The third kappa shape index (κ3) is 2.66. The fraction of sp³-hybridized carbons (Fsp3) is 0. The van der Waals surface area contributed by atoms with E-state index in [1.165, 1.54) is 11.3 Å². The molecular weight excluding hydrogens is 254 g/mol. The second kappa shape index (κ2) is 5.03. The highest BCUT2D eigenvalue weighted by Crippen LogP contribution is 2.16. The summed E-state index contributed by atoms with van der Waals surface area (Å²) in [7, 11) is 0. The summed E-state index contributed by atoms with van der Waals surface area (Å²) in [5, 5.41) is 4.41. The minimum absolute atomic E-state index is 0.249. The summed E-state index contributed by atoms with van der Waals surface area (Å²) in [6, 6.07) is 7.13. The normalized spacial score (nSPS) is 9.88. The number of nitrogens with one attached hydrogen (secondary N) is 1. The average Bonchev–Trinajstić information content (AvgIpc) is 2.83. The van der Waals surface area contributed by atoms with Crippen molar-refractivity contribution in [2.24, 2.45) is 5.73 Å². The average molecular weight is 263 g/mol. The van der Waals surface area contributed by atoms with Crippen molar-refractivity contribution in [1.82, 2.24) is 4.98 Å². The van der Waals surface area contributed by atoms with Crippen molar-refractivity contribution < 1.29 is 4.79 Å². The van der Waals surface area contributed by atoms with Crippen LogP contribution in [0, 0.1) is 0 Å². The number of benzene rings is 1. The Labute approximate surface area is 107 Å². The van der Waals surface area contributed by atoms with Gasteiger partial charge >= 0.3 is 0 Å². The molecule has 0 bridgehead atoms. The van der Waals surface area contributed by atoms with Gasteiger partial charge in [-0.3, -0.25) is 4.79 Å². The number of thiocarbonyl (C=S) groups is 1. The Kier molecular flexibility index (Phi) is 3.46. The maximum Gasteiger partial charge on any atom is 0.275 e. The summed E-state index contributed by atoms with van der Waals surface area (Å²) in [4.78, 5) is 16.0. The number of hydrogen-bond donors (Lipinski definition) is 2. The van der Waals surface area contributed by atoms with E-state index in [-0.39, 0.29) is 10.9 Å². The van der Waals surface area contributed by atoms with Crippen molar-refractivity contribution in [3.8, 4) is 0 Å². The predicted molar refractivity (Wildman–Crippen MR) is 72.4 cm³/mol. The molecule has 0 saturated heterocycles. The number of carbonyl (C=O) groups excluding carboxylic acids is 1. The van der Waals surface area contributed by atoms with Gasteiger partial charge in [-0.2, -0.15) is 0 Å².